The second kappa shape index (κ2) is 7.79. The van der Waals surface area contributed by atoms with Crippen LogP contribution in [0.15, 0.2) is 29.4 Å². The summed E-state index contributed by atoms with van der Waals surface area (Å²) < 4.78 is 0. The fraction of sp³-hybridized carbons (Fsp3) is 0.353. The minimum Gasteiger partial charge on any atom is -0.341 e. The first-order valence-electron chi connectivity index (χ1n) is 7.30. The highest BCUT2D eigenvalue weighted by atomic mass is 35.5. The van der Waals surface area contributed by atoms with E-state index in [9.17, 15) is 4.79 Å². The van der Waals surface area contributed by atoms with Crippen LogP contribution in [0.1, 0.15) is 22.5 Å². The lowest BCUT2D eigenvalue weighted by atomic mass is 10.2. The van der Waals surface area contributed by atoms with Gasteiger partial charge in [-0.3, -0.25) is 4.79 Å². The molecule has 2 rings (SSSR count). The van der Waals surface area contributed by atoms with Gasteiger partial charge in [0.15, 0.2) is 5.16 Å². The molecule has 0 saturated heterocycles. The summed E-state index contributed by atoms with van der Waals surface area (Å²) in [5, 5.41) is 1.33. The number of nitrogens with zero attached hydrogens (tertiary/aromatic N) is 3. The summed E-state index contributed by atoms with van der Waals surface area (Å²) in [6.45, 7) is 6.46. The normalized spacial score (nSPS) is 10.7. The summed E-state index contributed by atoms with van der Waals surface area (Å²) in [5.41, 5.74) is 4.02. The fourth-order valence-corrected chi connectivity index (χ4v) is 3.13. The van der Waals surface area contributed by atoms with Gasteiger partial charge in [0.05, 0.1) is 5.75 Å². The number of carbonyl (C=O) groups is 1. The summed E-state index contributed by atoms with van der Waals surface area (Å²) in [4.78, 5) is 22.8. The maximum Gasteiger partial charge on any atom is 0.233 e. The average molecular weight is 350 g/mol. The molecule has 0 bridgehead atoms. The molecular weight excluding hydrogens is 330 g/mol. The molecule has 0 fully saturated rings. The Morgan fingerprint density at radius 1 is 1.22 bits per heavy atom. The summed E-state index contributed by atoms with van der Waals surface area (Å²) in [6.07, 6.45) is 0. The Balaban J connectivity index is 1.94. The Bertz CT molecular complexity index is 698. The van der Waals surface area contributed by atoms with E-state index < -0.39 is 0 Å². The first kappa shape index (κ1) is 17.8. The van der Waals surface area contributed by atoms with Crippen molar-refractivity contribution in [3.05, 3.63) is 51.8 Å². The van der Waals surface area contributed by atoms with Gasteiger partial charge in [-0.1, -0.05) is 35.5 Å². The maximum absolute atomic E-state index is 12.3. The zero-order valence-corrected chi connectivity index (χ0v) is 15.3. The van der Waals surface area contributed by atoms with E-state index in [0.29, 0.717) is 22.5 Å². The Kier molecular flexibility index (Phi) is 6.02. The molecule has 0 spiro atoms. The van der Waals surface area contributed by atoms with Crippen molar-refractivity contribution in [1.82, 2.24) is 14.9 Å². The number of carbonyl (C=O) groups excluding carboxylic acids is 1. The van der Waals surface area contributed by atoms with Crippen LogP contribution < -0.4 is 0 Å². The molecule has 1 aromatic heterocycles. The van der Waals surface area contributed by atoms with Crippen molar-refractivity contribution in [2.45, 2.75) is 32.5 Å². The molecule has 0 saturated carbocycles. The summed E-state index contributed by atoms with van der Waals surface area (Å²) in [7, 11) is 1.79. The van der Waals surface area contributed by atoms with E-state index in [4.69, 9.17) is 11.6 Å². The molecule has 23 heavy (non-hydrogen) atoms. The van der Waals surface area contributed by atoms with Crippen molar-refractivity contribution >= 4 is 29.3 Å². The van der Waals surface area contributed by atoms with Crippen molar-refractivity contribution in [3.63, 3.8) is 0 Å². The highest BCUT2D eigenvalue weighted by Crippen LogP contribution is 2.18. The van der Waals surface area contributed by atoms with Crippen LogP contribution in [-0.4, -0.2) is 33.6 Å². The summed E-state index contributed by atoms with van der Waals surface area (Å²) in [6, 6.07) is 7.53. The van der Waals surface area contributed by atoms with E-state index in [2.05, 4.69) is 9.97 Å². The lowest BCUT2D eigenvalue weighted by molar-refractivity contribution is -0.127. The van der Waals surface area contributed by atoms with Crippen LogP contribution in [0.5, 0.6) is 0 Å². The molecule has 1 amide bonds. The molecule has 0 aliphatic heterocycles. The second-order valence-corrected chi connectivity index (χ2v) is 6.85. The lowest BCUT2D eigenvalue weighted by Crippen LogP contribution is -2.27. The molecule has 0 radical (unpaired) electrons. The van der Waals surface area contributed by atoms with Crippen LogP contribution in [0.4, 0.5) is 0 Å². The number of rotatable bonds is 5. The van der Waals surface area contributed by atoms with Crippen molar-refractivity contribution in [2.75, 3.05) is 12.8 Å². The zero-order valence-electron chi connectivity index (χ0n) is 13.8. The third-order valence-electron chi connectivity index (χ3n) is 3.67. The molecular formula is C17H20ClN3OS. The zero-order chi connectivity index (χ0) is 17.0. The quantitative estimate of drug-likeness (QED) is 0.608. The first-order chi connectivity index (χ1) is 10.9. The molecule has 0 aliphatic rings. The van der Waals surface area contributed by atoms with E-state index >= 15 is 0 Å². The summed E-state index contributed by atoms with van der Waals surface area (Å²) >= 11 is 7.34. The number of halogens is 1. The van der Waals surface area contributed by atoms with Gasteiger partial charge in [0, 0.05) is 30.0 Å². The van der Waals surface area contributed by atoms with E-state index in [1.807, 2.05) is 45.0 Å². The molecule has 4 nitrogen and oxygen atoms in total. The Morgan fingerprint density at radius 2 is 1.87 bits per heavy atom. The molecule has 6 heteroatoms. The molecule has 122 valence electrons. The van der Waals surface area contributed by atoms with Gasteiger partial charge in [-0.15, -0.1) is 0 Å². The van der Waals surface area contributed by atoms with Gasteiger partial charge in [-0.2, -0.15) is 0 Å². The van der Waals surface area contributed by atoms with E-state index in [1.165, 1.54) is 11.8 Å². The topological polar surface area (TPSA) is 46.1 Å². The summed E-state index contributed by atoms with van der Waals surface area (Å²) in [5.74, 6) is 0.355. The van der Waals surface area contributed by atoms with Gasteiger partial charge in [-0.05, 0) is 44.0 Å². The number of amides is 1. The van der Waals surface area contributed by atoms with E-state index in [1.54, 1.807) is 11.9 Å². The van der Waals surface area contributed by atoms with Crippen molar-refractivity contribution in [3.8, 4) is 0 Å². The number of aryl methyl sites for hydroxylation is 2. The SMILES string of the molecule is Cc1nc(SCC(=O)N(C)Cc2cccc(Cl)c2)nc(C)c1C. The Morgan fingerprint density at radius 3 is 2.48 bits per heavy atom. The van der Waals surface area contributed by atoms with Gasteiger partial charge < -0.3 is 4.90 Å². The van der Waals surface area contributed by atoms with E-state index in [0.717, 1.165) is 22.5 Å². The van der Waals surface area contributed by atoms with Crippen LogP contribution >= 0.6 is 23.4 Å². The minimum atomic E-state index is 0.0365. The fourth-order valence-electron chi connectivity index (χ4n) is 2.04. The monoisotopic (exact) mass is 349 g/mol. The molecule has 0 unspecified atom stereocenters. The minimum absolute atomic E-state index is 0.0365. The number of thioether (sulfide) groups is 1. The third-order valence-corrected chi connectivity index (χ3v) is 4.74. The number of aromatic nitrogens is 2. The van der Waals surface area contributed by atoms with E-state index in [-0.39, 0.29) is 5.91 Å². The maximum atomic E-state index is 12.3. The smallest absolute Gasteiger partial charge is 0.233 e. The van der Waals surface area contributed by atoms with Crippen molar-refractivity contribution in [1.29, 1.82) is 0 Å². The van der Waals surface area contributed by atoms with Gasteiger partial charge in [0.2, 0.25) is 5.91 Å². The van der Waals surface area contributed by atoms with Gasteiger partial charge in [-0.25, -0.2) is 9.97 Å². The number of hydrogen-bond donors (Lipinski definition) is 0. The highest BCUT2D eigenvalue weighted by Gasteiger charge is 2.12. The standard InChI is InChI=1S/C17H20ClN3OS/c1-11-12(2)19-17(20-13(11)3)23-10-16(22)21(4)9-14-6-5-7-15(18)8-14/h5-8H,9-10H2,1-4H3. The van der Waals surface area contributed by atoms with Crippen molar-refractivity contribution < 1.29 is 4.79 Å². The Hall–Kier alpha value is -1.59. The van der Waals surface area contributed by atoms with Gasteiger partial charge >= 0.3 is 0 Å². The van der Waals surface area contributed by atoms with Crippen LogP contribution in [0.3, 0.4) is 0 Å². The molecule has 1 heterocycles. The molecule has 2 aromatic rings. The number of benzene rings is 1. The highest BCUT2D eigenvalue weighted by molar-refractivity contribution is 7.99. The average Bonchev–Trinajstić information content (AvgIpc) is 2.50. The van der Waals surface area contributed by atoms with Gasteiger partial charge in [0.25, 0.3) is 0 Å². The van der Waals surface area contributed by atoms with Crippen LogP contribution in [0.2, 0.25) is 5.02 Å². The third kappa shape index (κ3) is 4.94. The molecule has 1 aromatic carbocycles. The number of hydrogen-bond acceptors (Lipinski definition) is 4. The molecule has 0 aliphatic carbocycles. The van der Waals surface area contributed by atoms with Crippen LogP contribution in [0.25, 0.3) is 0 Å². The predicted molar refractivity (Wildman–Crippen MR) is 94.9 cm³/mol. The van der Waals surface area contributed by atoms with Gasteiger partial charge in [0.1, 0.15) is 0 Å². The first-order valence-corrected chi connectivity index (χ1v) is 8.66. The second-order valence-electron chi connectivity index (χ2n) is 5.47. The van der Waals surface area contributed by atoms with Crippen LogP contribution in [-0.2, 0) is 11.3 Å². The predicted octanol–water partition coefficient (Wildman–Crippen LogP) is 3.81. The Labute approximate surface area is 146 Å². The lowest BCUT2D eigenvalue weighted by Gasteiger charge is -2.17. The largest absolute Gasteiger partial charge is 0.341 e. The van der Waals surface area contributed by atoms with Crippen LogP contribution in [0, 0.1) is 20.8 Å². The molecule has 0 N–H and O–H groups in total. The van der Waals surface area contributed by atoms with Crippen molar-refractivity contribution in [2.24, 2.45) is 0 Å². The molecule has 0 atom stereocenters.